The summed E-state index contributed by atoms with van der Waals surface area (Å²) in [6, 6.07) is 9.19. The van der Waals surface area contributed by atoms with E-state index in [1.807, 2.05) is 0 Å². The molecule has 0 N–H and O–H groups in total. The van der Waals surface area contributed by atoms with Crippen LogP contribution in [0.1, 0.15) is 0 Å². The molecule has 0 unspecified atom stereocenters. The molecule has 1 aromatic rings. The molecule has 1 radical (unpaired) electrons. The number of benzene rings is 1. The Balaban J connectivity index is 2.44. The molecule has 0 heterocycles. The van der Waals surface area contributed by atoms with Crippen molar-refractivity contribution >= 4 is 11.8 Å². The van der Waals surface area contributed by atoms with E-state index in [2.05, 4.69) is 6.07 Å². The highest BCUT2D eigenvalue weighted by atomic mass is 32.2. The molecule has 0 atom stereocenters. The van der Waals surface area contributed by atoms with Gasteiger partial charge in [0.1, 0.15) is 0 Å². The smallest absolute Gasteiger partial charge is 0.170 e. The van der Waals surface area contributed by atoms with Crippen LogP contribution in [0.3, 0.4) is 0 Å². The summed E-state index contributed by atoms with van der Waals surface area (Å²) < 4.78 is 35.1. The molecule has 0 nitrogen and oxygen atoms in total. The zero-order valence-electron chi connectivity index (χ0n) is 6.06. The third kappa shape index (κ3) is 3.67. The number of rotatable bonds is 2. The van der Waals surface area contributed by atoms with Gasteiger partial charge in [-0.1, -0.05) is 12.1 Å². The summed E-state index contributed by atoms with van der Waals surface area (Å²) in [6.45, 7) is 0. The predicted octanol–water partition coefficient (Wildman–Crippen LogP) is 3.14. The van der Waals surface area contributed by atoms with Gasteiger partial charge < -0.3 is 0 Å². The van der Waals surface area contributed by atoms with E-state index in [1.54, 1.807) is 18.2 Å². The number of hydrogen-bond donors (Lipinski definition) is 0. The molecule has 1 aromatic carbocycles. The first-order chi connectivity index (χ1) is 5.58. The van der Waals surface area contributed by atoms with Crippen molar-refractivity contribution in [3.05, 3.63) is 30.3 Å². The van der Waals surface area contributed by atoms with Gasteiger partial charge in [0.15, 0.2) is 0 Å². The Bertz CT molecular complexity index is 230. The van der Waals surface area contributed by atoms with Crippen LogP contribution >= 0.6 is 11.8 Å². The minimum Gasteiger partial charge on any atom is -0.170 e. The topological polar surface area (TPSA) is 0 Å². The second-order valence-electron chi connectivity index (χ2n) is 2.14. The first kappa shape index (κ1) is 9.45. The van der Waals surface area contributed by atoms with Crippen LogP contribution in [0.4, 0.5) is 13.2 Å². The van der Waals surface area contributed by atoms with Crippen molar-refractivity contribution < 1.29 is 13.2 Å². The Kier molecular flexibility index (Phi) is 3.03. The van der Waals surface area contributed by atoms with E-state index < -0.39 is 11.9 Å². The summed E-state index contributed by atoms with van der Waals surface area (Å²) in [5, 5.41) is 0. The number of thioether (sulfide) groups is 1. The monoisotopic (exact) mass is 191 g/mol. The Morgan fingerprint density at radius 2 is 2.17 bits per heavy atom. The highest BCUT2D eigenvalue weighted by molar-refractivity contribution is 7.99. The van der Waals surface area contributed by atoms with Crippen LogP contribution in [0.5, 0.6) is 0 Å². The predicted molar refractivity (Wildman–Crippen MR) is 42.1 cm³/mol. The van der Waals surface area contributed by atoms with E-state index in [9.17, 15) is 13.2 Å². The minimum atomic E-state index is -4.10. The number of halogens is 3. The third-order valence-electron chi connectivity index (χ3n) is 1.08. The molecule has 12 heavy (non-hydrogen) atoms. The maximum Gasteiger partial charge on any atom is 0.398 e. The quantitative estimate of drug-likeness (QED) is 0.647. The van der Waals surface area contributed by atoms with Crippen molar-refractivity contribution in [1.29, 1.82) is 0 Å². The van der Waals surface area contributed by atoms with Crippen LogP contribution < -0.4 is 0 Å². The second kappa shape index (κ2) is 3.85. The zero-order chi connectivity index (χ0) is 9.03. The molecule has 0 aliphatic carbocycles. The fraction of sp³-hybridized carbons (Fsp3) is 0.250. The van der Waals surface area contributed by atoms with Crippen LogP contribution in [-0.4, -0.2) is 11.9 Å². The molecule has 0 saturated carbocycles. The van der Waals surface area contributed by atoms with Gasteiger partial charge in [-0.3, -0.25) is 0 Å². The van der Waals surface area contributed by atoms with Crippen molar-refractivity contribution in [2.45, 2.75) is 11.1 Å². The third-order valence-corrected chi connectivity index (χ3v) is 2.14. The summed E-state index contributed by atoms with van der Waals surface area (Å²) in [5.74, 6) is -0.842. The number of hydrogen-bond acceptors (Lipinski definition) is 1. The van der Waals surface area contributed by atoms with Crippen molar-refractivity contribution in [3.63, 3.8) is 0 Å². The largest absolute Gasteiger partial charge is 0.398 e. The van der Waals surface area contributed by atoms with Crippen molar-refractivity contribution in [3.8, 4) is 0 Å². The number of alkyl halides is 3. The minimum absolute atomic E-state index is 0.592. The average molecular weight is 191 g/mol. The molecule has 0 amide bonds. The lowest BCUT2D eigenvalue weighted by Crippen LogP contribution is -2.10. The lowest BCUT2D eigenvalue weighted by atomic mass is 10.4. The van der Waals surface area contributed by atoms with Gasteiger partial charge in [0.2, 0.25) is 0 Å². The van der Waals surface area contributed by atoms with E-state index in [0.717, 1.165) is 11.8 Å². The molecule has 0 fully saturated rings. The Labute approximate surface area is 72.8 Å². The lowest BCUT2D eigenvalue weighted by Gasteiger charge is -2.04. The normalized spacial score (nSPS) is 11.6. The molecule has 65 valence electrons. The summed E-state index contributed by atoms with van der Waals surface area (Å²) in [6.07, 6.45) is -4.10. The van der Waals surface area contributed by atoms with Gasteiger partial charge in [-0.2, -0.15) is 13.2 Å². The standard InChI is InChI=1S/C8H6F3S/c9-8(10,11)6-12-7-4-2-1-3-5-7/h1-2,4-5H,6H2. The van der Waals surface area contributed by atoms with Gasteiger partial charge in [0.05, 0.1) is 5.75 Å². The van der Waals surface area contributed by atoms with Crippen molar-refractivity contribution in [2.75, 3.05) is 5.75 Å². The van der Waals surface area contributed by atoms with E-state index in [-0.39, 0.29) is 0 Å². The zero-order valence-corrected chi connectivity index (χ0v) is 6.88. The van der Waals surface area contributed by atoms with Gasteiger partial charge in [-0.15, -0.1) is 11.8 Å². The lowest BCUT2D eigenvalue weighted by molar-refractivity contribution is -0.105. The highest BCUT2D eigenvalue weighted by Crippen LogP contribution is 2.26. The van der Waals surface area contributed by atoms with Gasteiger partial charge in [-0.25, -0.2) is 0 Å². The summed E-state index contributed by atoms with van der Waals surface area (Å²) in [5.41, 5.74) is 0. The van der Waals surface area contributed by atoms with E-state index >= 15 is 0 Å². The summed E-state index contributed by atoms with van der Waals surface area (Å²) >= 11 is 0.771. The highest BCUT2D eigenvalue weighted by Gasteiger charge is 2.26. The molecule has 0 aliphatic heterocycles. The molecule has 0 aromatic heterocycles. The molecule has 0 bridgehead atoms. The van der Waals surface area contributed by atoms with Crippen LogP contribution in [0, 0.1) is 6.07 Å². The first-order valence-corrected chi connectivity index (χ1v) is 4.22. The fourth-order valence-electron chi connectivity index (χ4n) is 0.632. The Morgan fingerprint density at radius 3 is 2.67 bits per heavy atom. The maximum atomic E-state index is 11.7. The molecule has 1 rings (SSSR count). The van der Waals surface area contributed by atoms with Crippen molar-refractivity contribution in [1.82, 2.24) is 0 Å². The van der Waals surface area contributed by atoms with Crippen molar-refractivity contribution in [2.24, 2.45) is 0 Å². The van der Waals surface area contributed by atoms with Crippen LogP contribution in [0.25, 0.3) is 0 Å². The van der Waals surface area contributed by atoms with E-state index in [4.69, 9.17) is 0 Å². The van der Waals surface area contributed by atoms with E-state index in [1.165, 1.54) is 6.07 Å². The van der Waals surface area contributed by atoms with Gasteiger partial charge in [-0.05, 0) is 18.2 Å². The van der Waals surface area contributed by atoms with Gasteiger partial charge >= 0.3 is 6.18 Å². The second-order valence-corrected chi connectivity index (χ2v) is 3.19. The van der Waals surface area contributed by atoms with Gasteiger partial charge in [0, 0.05) is 4.90 Å². The maximum absolute atomic E-state index is 11.7. The molecule has 0 aliphatic rings. The molecule has 0 saturated heterocycles. The SMILES string of the molecule is FC(F)(F)CSc1c[c]ccc1. The summed E-state index contributed by atoms with van der Waals surface area (Å²) in [7, 11) is 0. The Hall–Kier alpha value is -0.640. The summed E-state index contributed by atoms with van der Waals surface area (Å²) in [4.78, 5) is 0.592. The van der Waals surface area contributed by atoms with Crippen LogP contribution in [-0.2, 0) is 0 Å². The average Bonchev–Trinajstić information content (AvgIpc) is 2.02. The molecule has 4 heteroatoms. The van der Waals surface area contributed by atoms with Crippen LogP contribution in [0.2, 0.25) is 0 Å². The van der Waals surface area contributed by atoms with E-state index in [0.29, 0.717) is 4.90 Å². The molecular formula is C8H6F3S. The van der Waals surface area contributed by atoms with Gasteiger partial charge in [0.25, 0.3) is 0 Å². The Morgan fingerprint density at radius 1 is 1.42 bits per heavy atom. The molecule has 0 spiro atoms. The fourth-order valence-corrected chi connectivity index (χ4v) is 1.29. The molecular weight excluding hydrogens is 185 g/mol. The first-order valence-electron chi connectivity index (χ1n) is 3.23. The van der Waals surface area contributed by atoms with Crippen LogP contribution in [0.15, 0.2) is 29.2 Å².